The van der Waals surface area contributed by atoms with Crippen molar-refractivity contribution in [2.45, 2.75) is 44.8 Å². The highest BCUT2D eigenvalue weighted by Crippen LogP contribution is 2.43. The summed E-state index contributed by atoms with van der Waals surface area (Å²) in [5.74, 6) is -0.347. The molecule has 2 saturated heterocycles. The molecule has 3 amide bonds. The summed E-state index contributed by atoms with van der Waals surface area (Å²) < 4.78 is 0. The van der Waals surface area contributed by atoms with Crippen LogP contribution in [0.4, 0.5) is 11.4 Å². The molecule has 0 radical (unpaired) electrons. The zero-order chi connectivity index (χ0) is 23.2. The van der Waals surface area contributed by atoms with Crippen LogP contribution in [0.15, 0.2) is 48.5 Å². The van der Waals surface area contributed by atoms with Crippen molar-refractivity contribution in [3.63, 3.8) is 0 Å². The Balaban J connectivity index is 1.38. The molecule has 2 aromatic carbocycles. The lowest BCUT2D eigenvalue weighted by atomic mass is 9.98. The summed E-state index contributed by atoms with van der Waals surface area (Å²) in [4.78, 5) is 46.9. The fourth-order valence-electron chi connectivity index (χ4n) is 5.45. The molecule has 3 aliphatic rings. The predicted octanol–water partition coefficient (Wildman–Crippen LogP) is 3.24. The first kappa shape index (κ1) is 21.5. The number of nitrogens with zero attached hydrogens (tertiary/aromatic N) is 4. The van der Waals surface area contributed by atoms with Crippen LogP contribution >= 0.6 is 0 Å². The Bertz CT molecular complexity index is 1110. The average Bonchev–Trinajstić information content (AvgIpc) is 3.45. The Hall–Kier alpha value is -3.35. The third kappa shape index (κ3) is 3.56. The summed E-state index contributed by atoms with van der Waals surface area (Å²) in [7, 11) is 1.78. The summed E-state index contributed by atoms with van der Waals surface area (Å²) in [6, 6.07) is 15.4. The summed E-state index contributed by atoms with van der Waals surface area (Å²) in [6.07, 6.45) is 3.26. The number of carbonyl (C=O) groups is 3. The predicted molar refractivity (Wildman–Crippen MR) is 127 cm³/mol. The summed E-state index contributed by atoms with van der Waals surface area (Å²) >= 11 is 0. The van der Waals surface area contributed by atoms with Crippen molar-refractivity contribution in [2.24, 2.45) is 0 Å². The Kier molecular flexibility index (Phi) is 5.35. The smallest absolute Gasteiger partial charge is 0.258 e. The van der Waals surface area contributed by atoms with Crippen molar-refractivity contribution in [1.29, 1.82) is 0 Å². The minimum Gasteiger partial charge on any atom is -0.371 e. The summed E-state index contributed by atoms with van der Waals surface area (Å²) in [5, 5.41) is 0. The zero-order valence-corrected chi connectivity index (χ0v) is 19.3. The molecule has 7 nitrogen and oxygen atoms in total. The van der Waals surface area contributed by atoms with E-state index in [9.17, 15) is 14.4 Å². The monoisotopic (exact) mass is 446 g/mol. The van der Waals surface area contributed by atoms with Crippen molar-refractivity contribution in [2.75, 3.05) is 36.5 Å². The van der Waals surface area contributed by atoms with E-state index in [2.05, 4.69) is 17.0 Å². The normalized spacial score (nSPS) is 21.9. The molecule has 2 fully saturated rings. The van der Waals surface area contributed by atoms with Gasteiger partial charge in [-0.15, -0.1) is 0 Å². The molecule has 0 aliphatic carbocycles. The lowest BCUT2D eigenvalue weighted by Gasteiger charge is -2.48. The summed E-state index contributed by atoms with van der Waals surface area (Å²) in [5.41, 5.74) is 2.57. The number of fused-ring (bicyclic) bond motifs is 3. The first-order valence-corrected chi connectivity index (χ1v) is 11.7. The fraction of sp³-hybridized carbons (Fsp3) is 0.423. The molecule has 0 spiro atoms. The topological polar surface area (TPSA) is 64.2 Å². The molecule has 3 aliphatic heterocycles. The van der Waals surface area contributed by atoms with Crippen LogP contribution in [0.1, 0.15) is 48.5 Å². The van der Waals surface area contributed by atoms with Gasteiger partial charge in [-0.25, -0.2) is 0 Å². The quantitative estimate of drug-likeness (QED) is 0.707. The molecule has 33 heavy (non-hydrogen) atoms. The van der Waals surface area contributed by atoms with Gasteiger partial charge in [0.05, 0.1) is 11.3 Å². The SMILES string of the molecule is CN(Cc1ccccc1N1CCCC1)C(=O)CN1C(=O)c2ccccc2N2C(=O)CCC12C. The minimum atomic E-state index is -0.827. The van der Waals surface area contributed by atoms with Gasteiger partial charge in [0.15, 0.2) is 0 Å². The van der Waals surface area contributed by atoms with Gasteiger partial charge in [-0.05, 0) is 49.9 Å². The number of carbonyl (C=O) groups excluding carboxylic acids is 3. The van der Waals surface area contributed by atoms with Gasteiger partial charge in [-0.2, -0.15) is 0 Å². The Labute approximate surface area is 194 Å². The van der Waals surface area contributed by atoms with Gasteiger partial charge in [0.1, 0.15) is 12.2 Å². The van der Waals surface area contributed by atoms with Crippen molar-refractivity contribution < 1.29 is 14.4 Å². The molecule has 0 N–H and O–H groups in total. The van der Waals surface area contributed by atoms with E-state index in [0.29, 0.717) is 30.6 Å². The van der Waals surface area contributed by atoms with Crippen molar-refractivity contribution in [1.82, 2.24) is 9.80 Å². The lowest BCUT2D eigenvalue weighted by Crippen LogP contribution is -2.63. The van der Waals surface area contributed by atoms with Gasteiger partial charge in [0, 0.05) is 38.8 Å². The number of likely N-dealkylation sites (N-methyl/N-ethyl adjacent to an activating group) is 1. The van der Waals surface area contributed by atoms with Crippen LogP contribution in [0.5, 0.6) is 0 Å². The van der Waals surface area contributed by atoms with E-state index in [1.165, 1.54) is 18.5 Å². The van der Waals surface area contributed by atoms with Crippen LogP contribution in [0.3, 0.4) is 0 Å². The van der Waals surface area contributed by atoms with E-state index >= 15 is 0 Å². The number of benzene rings is 2. The second-order valence-corrected chi connectivity index (χ2v) is 9.43. The summed E-state index contributed by atoms with van der Waals surface area (Å²) in [6.45, 7) is 4.39. The molecule has 5 rings (SSSR count). The second-order valence-electron chi connectivity index (χ2n) is 9.43. The standard InChI is InChI=1S/C26H30N4O3/c1-26-14-13-23(31)30(26)22-12-6-4-10-20(22)25(33)29(26)18-24(32)27(2)17-19-9-3-5-11-21(19)28-15-7-8-16-28/h3-6,9-12H,7-8,13-18H2,1-2H3. The number of rotatable bonds is 5. The zero-order valence-electron chi connectivity index (χ0n) is 19.3. The highest BCUT2D eigenvalue weighted by Gasteiger charge is 2.53. The first-order chi connectivity index (χ1) is 15.9. The Morgan fingerprint density at radius 2 is 1.67 bits per heavy atom. The number of hydrogen-bond acceptors (Lipinski definition) is 4. The van der Waals surface area contributed by atoms with Gasteiger partial charge in [0.2, 0.25) is 11.8 Å². The third-order valence-electron chi connectivity index (χ3n) is 7.31. The van der Waals surface area contributed by atoms with E-state index in [0.717, 1.165) is 18.7 Å². The Morgan fingerprint density at radius 1 is 1.00 bits per heavy atom. The van der Waals surface area contributed by atoms with Gasteiger partial charge in [-0.3, -0.25) is 19.3 Å². The number of amides is 3. The maximum Gasteiger partial charge on any atom is 0.258 e. The second kappa shape index (κ2) is 8.21. The molecule has 1 unspecified atom stereocenters. The maximum absolute atomic E-state index is 13.4. The molecule has 0 aromatic heterocycles. The molecule has 2 aromatic rings. The number of para-hydroxylation sites is 2. The van der Waals surface area contributed by atoms with Gasteiger partial charge in [-0.1, -0.05) is 30.3 Å². The molecule has 7 heteroatoms. The maximum atomic E-state index is 13.4. The molecule has 3 heterocycles. The van der Waals surface area contributed by atoms with Gasteiger partial charge >= 0.3 is 0 Å². The molecule has 172 valence electrons. The van der Waals surface area contributed by atoms with Crippen LogP contribution in [-0.2, 0) is 16.1 Å². The van der Waals surface area contributed by atoms with Crippen LogP contribution < -0.4 is 9.80 Å². The van der Waals surface area contributed by atoms with E-state index in [-0.39, 0.29) is 24.3 Å². The van der Waals surface area contributed by atoms with Crippen LogP contribution in [0.25, 0.3) is 0 Å². The van der Waals surface area contributed by atoms with Crippen molar-refractivity contribution in [3.05, 3.63) is 59.7 Å². The number of anilines is 2. The van der Waals surface area contributed by atoms with E-state index in [1.807, 2.05) is 31.2 Å². The van der Waals surface area contributed by atoms with Crippen LogP contribution in [0, 0.1) is 0 Å². The average molecular weight is 447 g/mol. The first-order valence-electron chi connectivity index (χ1n) is 11.7. The van der Waals surface area contributed by atoms with Gasteiger partial charge < -0.3 is 14.7 Å². The molecule has 0 bridgehead atoms. The van der Waals surface area contributed by atoms with E-state index in [1.54, 1.807) is 33.9 Å². The lowest BCUT2D eigenvalue weighted by molar-refractivity contribution is -0.132. The van der Waals surface area contributed by atoms with Crippen molar-refractivity contribution >= 4 is 29.1 Å². The van der Waals surface area contributed by atoms with E-state index < -0.39 is 5.66 Å². The molecular formula is C26H30N4O3. The Morgan fingerprint density at radius 3 is 2.42 bits per heavy atom. The molecular weight excluding hydrogens is 416 g/mol. The fourth-order valence-corrected chi connectivity index (χ4v) is 5.45. The molecule has 1 atom stereocenters. The third-order valence-corrected chi connectivity index (χ3v) is 7.31. The molecule has 0 saturated carbocycles. The number of hydrogen-bond donors (Lipinski definition) is 0. The van der Waals surface area contributed by atoms with E-state index in [4.69, 9.17) is 0 Å². The van der Waals surface area contributed by atoms with Crippen molar-refractivity contribution in [3.8, 4) is 0 Å². The highest BCUT2D eigenvalue weighted by molar-refractivity contribution is 6.11. The van der Waals surface area contributed by atoms with Gasteiger partial charge in [0.25, 0.3) is 5.91 Å². The van der Waals surface area contributed by atoms with Crippen LogP contribution in [0.2, 0.25) is 0 Å². The highest BCUT2D eigenvalue weighted by atomic mass is 16.2. The minimum absolute atomic E-state index is 0.0113. The largest absolute Gasteiger partial charge is 0.371 e. The van der Waals surface area contributed by atoms with Crippen LogP contribution in [-0.4, -0.2) is 59.9 Å².